The van der Waals surface area contributed by atoms with Gasteiger partial charge in [0, 0.05) is 52.7 Å². The maximum absolute atomic E-state index is 13.7. The van der Waals surface area contributed by atoms with Gasteiger partial charge in [0.2, 0.25) is 0 Å². The van der Waals surface area contributed by atoms with E-state index in [1.807, 2.05) is 44.2 Å². The number of nitrogens with one attached hydrogen (secondary N) is 1. The van der Waals surface area contributed by atoms with Crippen LogP contribution in [0.15, 0.2) is 71.5 Å². The average molecular weight is 579 g/mol. The van der Waals surface area contributed by atoms with Gasteiger partial charge in [-0.25, -0.2) is 0 Å². The summed E-state index contributed by atoms with van der Waals surface area (Å²) < 4.78 is 47.8. The zero-order chi connectivity index (χ0) is 30.2. The van der Waals surface area contributed by atoms with Gasteiger partial charge in [-0.05, 0) is 82.3 Å². The fourth-order valence-corrected chi connectivity index (χ4v) is 6.72. The van der Waals surface area contributed by atoms with Gasteiger partial charge < -0.3 is 14.6 Å². The highest BCUT2D eigenvalue weighted by atomic mass is 19.4. The number of Topliss-reactive ketones (excluding diaryl/α,β-unsaturated/α-hetero) is 2. The lowest BCUT2D eigenvalue weighted by Crippen LogP contribution is -2.35. The number of ketones is 2. The average Bonchev–Trinajstić information content (AvgIpc) is 3.27. The summed E-state index contributed by atoms with van der Waals surface area (Å²) >= 11 is 0. The zero-order valence-corrected chi connectivity index (χ0v) is 24.5. The van der Waals surface area contributed by atoms with Crippen molar-refractivity contribution in [3.8, 4) is 0 Å². The number of carbonyl (C=O) groups is 2. The Kier molecular flexibility index (Phi) is 8.46. The number of hydrogen-bond donors (Lipinski definition) is 1. The molecule has 2 aromatic carbocycles. The molecule has 3 aromatic rings. The standard InChI is InChI=1S/C34H37F3N2O3/c1-20-16-31(41)27(32(17-20)42-4)12-13-30(40)33-22(3)39(29-11-6-5-10-26(29)33)21(2)23-14-15-38-28(19-23)24-8-7-9-25(18-24)34(35,36)37/h5-11,17-18,21,23,28,38H,12-16,19H2,1-4H3. The molecule has 3 atom stereocenters. The molecule has 0 spiro atoms. The predicted molar refractivity (Wildman–Crippen MR) is 157 cm³/mol. The molecular weight excluding hydrogens is 541 g/mol. The van der Waals surface area contributed by atoms with E-state index in [0.29, 0.717) is 48.3 Å². The lowest BCUT2D eigenvalue weighted by Gasteiger charge is -2.36. The van der Waals surface area contributed by atoms with Gasteiger partial charge in [0.25, 0.3) is 0 Å². The van der Waals surface area contributed by atoms with Crippen molar-refractivity contribution in [1.29, 1.82) is 0 Å². The summed E-state index contributed by atoms with van der Waals surface area (Å²) in [7, 11) is 1.54. The molecule has 3 unspecified atom stereocenters. The van der Waals surface area contributed by atoms with Gasteiger partial charge in [-0.2, -0.15) is 13.2 Å². The number of ether oxygens (including phenoxy) is 1. The van der Waals surface area contributed by atoms with Gasteiger partial charge in [0.05, 0.1) is 12.7 Å². The van der Waals surface area contributed by atoms with Crippen molar-refractivity contribution in [2.24, 2.45) is 5.92 Å². The van der Waals surface area contributed by atoms with E-state index < -0.39 is 11.7 Å². The van der Waals surface area contributed by atoms with Crippen LogP contribution in [0.4, 0.5) is 13.2 Å². The number of alkyl halides is 3. The van der Waals surface area contributed by atoms with Gasteiger partial charge in [-0.15, -0.1) is 0 Å². The molecule has 2 aliphatic rings. The Hall–Kier alpha value is -3.65. The first-order valence-corrected chi connectivity index (χ1v) is 14.5. The summed E-state index contributed by atoms with van der Waals surface area (Å²) in [6.07, 6.45) is -0.130. The van der Waals surface area contributed by atoms with Crippen molar-refractivity contribution in [2.75, 3.05) is 13.7 Å². The van der Waals surface area contributed by atoms with Gasteiger partial charge in [0.1, 0.15) is 5.76 Å². The minimum atomic E-state index is -4.39. The molecule has 1 aliphatic heterocycles. The van der Waals surface area contributed by atoms with Gasteiger partial charge in [0.15, 0.2) is 11.6 Å². The van der Waals surface area contributed by atoms with Crippen molar-refractivity contribution in [2.45, 2.75) is 71.1 Å². The summed E-state index contributed by atoms with van der Waals surface area (Å²) in [4.78, 5) is 26.5. The van der Waals surface area contributed by atoms with Crippen molar-refractivity contribution in [1.82, 2.24) is 9.88 Å². The second kappa shape index (κ2) is 11.9. The molecular formula is C34H37F3N2O3. The number of hydrogen-bond acceptors (Lipinski definition) is 4. The Bertz CT molecular complexity index is 1580. The Morgan fingerprint density at radius 1 is 1.14 bits per heavy atom. The molecule has 0 saturated carbocycles. The first-order valence-electron chi connectivity index (χ1n) is 14.5. The van der Waals surface area contributed by atoms with Gasteiger partial charge in [-0.1, -0.05) is 35.9 Å². The fourth-order valence-electron chi connectivity index (χ4n) is 6.72. The van der Waals surface area contributed by atoms with E-state index in [4.69, 9.17) is 4.74 Å². The number of allylic oxidation sites excluding steroid dienone is 3. The van der Waals surface area contributed by atoms with Crippen LogP contribution < -0.4 is 5.32 Å². The Balaban J connectivity index is 1.41. The SMILES string of the molecule is COC1=C(CCC(=O)c2c(C)n(C(C)C3CCNC(c4cccc(C(F)(F)F)c4)C3)c3ccccc23)C(=O)CC(C)=C1. The van der Waals surface area contributed by atoms with E-state index in [1.54, 1.807) is 6.07 Å². The van der Waals surface area contributed by atoms with Crippen LogP contribution in [0.25, 0.3) is 10.9 Å². The highest BCUT2D eigenvalue weighted by molar-refractivity contribution is 6.10. The number of benzene rings is 2. The molecule has 1 saturated heterocycles. The number of para-hydroxylation sites is 1. The lowest BCUT2D eigenvalue weighted by molar-refractivity contribution is -0.137. The predicted octanol–water partition coefficient (Wildman–Crippen LogP) is 8.05. The Labute approximate surface area is 244 Å². The number of fused-ring (bicyclic) bond motifs is 1. The van der Waals surface area contributed by atoms with Crippen molar-refractivity contribution in [3.05, 3.63) is 93.9 Å². The molecule has 8 heteroatoms. The summed E-state index contributed by atoms with van der Waals surface area (Å²) in [5.74, 6) is 0.690. The molecule has 5 nitrogen and oxygen atoms in total. The first kappa shape index (κ1) is 29.8. The quantitative estimate of drug-likeness (QED) is 0.275. The van der Waals surface area contributed by atoms with Crippen LogP contribution in [0.2, 0.25) is 0 Å². The van der Waals surface area contributed by atoms with E-state index in [9.17, 15) is 22.8 Å². The molecule has 1 N–H and O–H groups in total. The van der Waals surface area contributed by atoms with Crippen LogP contribution in [0.5, 0.6) is 0 Å². The number of piperidine rings is 1. The number of halogens is 3. The Morgan fingerprint density at radius 2 is 1.90 bits per heavy atom. The summed E-state index contributed by atoms with van der Waals surface area (Å²) in [6, 6.07) is 13.3. The zero-order valence-electron chi connectivity index (χ0n) is 24.5. The molecule has 5 rings (SSSR count). The summed E-state index contributed by atoms with van der Waals surface area (Å²) in [5.41, 5.74) is 3.99. The smallest absolute Gasteiger partial charge is 0.416 e. The third kappa shape index (κ3) is 5.82. The monoisotopic (exact) mass is 578 g/mol. The van der Waals surface area contributed by atoms with Crippen molar-refractivity contribution < 1.29 is 27.5 Å². The minimum Gasteiger partial charge on any atom is -0.496 e. The van der Waals surface area contributed by atoms with E-state index in [1.165, 1.54) is 19.2 Å². The largest absolute Gasteiger partial charge is 0.496 e. The van der Waals surface area contributed by atoms with Crippen molar-refractivity contribution in [3.63, 3.8) is 0 Å². The van der Waals surface area contributed by atoms with Crippen LogP contribution in [-0.4, -0.2) is 29.8 Å². The normalized spacial score (nSPS) is 20.5. The minimum absolute atomic E-state index is 0.00588. The van der Waals surface area contributed by atoms with E-state index >= 15 is 0 Å². The second-order valence-corrected chi connectivity index (χ2v) is 11.6. The summed E-state index contributed by atoms with van der Waals surface area (Å²) in [6.45, 7) is 6.69. The first-order chi connectivity index (χ1) is 20.0. The molecule has 0 radical (unpaired) electrons. The highest BCUT2D eigenvalue weighted by Gasteiger charge is 2.34. The molecule has 0 bridgehead atoms. The molecule has 0 amide bonds. The van der Waals surface area contributed by atoms with Crippen molar-refractivity contribution >= 4 is 22.5 Å². The van der Waals surface area contributed by atoms with E-state index in [0.717, 1.165) is 34.7 Å². The van der Waals surface area contributed by atoms with Crippen LogP contribution in [0.3, 0.4) is 0 Å². The molecule has 42 heavy (non-hydrogen) atoms. The number of aromatic nitrogens is 1. The lowest BCUT2D eigenvalue weighted by atomic mass is 9.84. The third-order valence-corrected chi connectivity index (χ3v) is 8.86. The maximum Gasteiger partial charge on any atom is 0.416 e. The molecule has 222 valence electrons. The number of nitrogens with zero attached hydrogens (tertiary/aromatic N) is 1. The number of methoxy groups -OCH3 is 1. The van der Waals surface area contributed by atoms with Gasteiger partial charge in [-0.3, -0.25) is 9.59 Å². The number of rotatable bonds is 8. The fraction of sp³-hybridized carbons (Fsp3) is 0.412. The van der Waals surface area contributed by atoms with Crippen LogP contribution in [0.1, 0.15) is 85.2 Å². The molecule has 1 fully saturated rings. The van der Waals surface area contributed by atoms with E-state index in [2.05, 4.69) is 16.8 Å². The molecule has 1 aliphatic carbocycles. The molecule has 2 heterocycles. The maximum atomic E-state index is 13.7. The summed E-state index contributed by atoms with van der Waals surface area (Å²) in [5, 5.41) is 4.29. The van der Waals surface area contributed by atoms with Crippen LogP contribution in [-0.2, 0) is 15.7 Å². The molecule has 1 aromatic heterocycles. The number of carbonyl (C=O) groups excluding carboxylic acids is 2. The third-order valence-electron chi connectivity index (χ3n) is 8.86. The Morgan fingerprint density at radius 3 is 2.64 bits per heavy atom. The highest BCUT2D eigenvalue weighted by Crippen LogP contribution is 2.40. The van der Waals surface area contributed by atoms with Crippen LogP contribution in [0, 0.1) is 12.8 Å². The topological polar surface area (TPSA) is 60.3 Å². The van der Waals surface area contributed by atoms with E-state index in [-0.39, 0.29) is 36.0 Å². The van der Waals surface area contributed by atoms with Crippen LogP contribution >= 0.6 is 0 Å². The van der Waals surface area contributed by atoms with Gasteiger partial charge >= 0.3 is 6.18 Å². The second-order valence-electron chi connectivity index (χ2n) is 11.6.